The van der Waals surface area contributed by atoms with Gasteiger partial charge in [-0.15, -0.1) is 0 Å². The summed E-state index contributed by atoms with van der Waals surface area (Å²) in [5, 5.41) is 10.5. The quantitative estimate of drug-likeness (QED) is 0.567. The van der Waals surface area contributed by atoms with Gasteiger partial charge in [-0.3, -0.25) is 14.6 Å². The van der Waals surface area contributed by atoms with E-state index < -0.39 is 5.82 Å². The number of halogens is 2. The topological polar surface area (TPSA) is 71.2 Å². The highest BCUT2D eigenvalue weighted by Crippen LogP contribution is 2.37. The molecule has 5 rings (SSSR count). The number of aromatic nitrogens is 2. The van der Waals surface area contributed by atoms with Gasteiger partial charge in [0, 0.05) is 31.1 Å². The SMILES string of the molecule is N#Cc1cc(F)cc([C@@H]2CCON2C(=O)[C@H]2CC[C@H](Cn3ccc4ncc(F)cc43)CC2)c1. The van der Waals surface area contributed by atoms with E-state index in [2.05, 4.69) is 4.98 Å². The highest BCUT2D eigenvalue weighted by atomic mass is 19.1. The number of pyridine rings is 1. The van der Waals surface area contributed by atoms with Crippen molar-refractivity contribution in [2.45, 2.75) is 44.7 Å². The lowest BCUT2D eigenvalue weighted by Gasteiger charge is -2.32. The van der Waals surface area contributed by atoms with E-state index in [0.29, 0.717) is 24.5 Å². The molecule has 8 heteroatoms. The van der Waals surface area contributed by atoms with Crippen molar-refractivity contribution in [2.24, 2.45) is 11.8 Å². The van der Waals surface area contributed by atoms with E-state index in [1.165, 1.54) is 29.5 Å². The number of nitrogens with zero attached hydrogens (tertiary/aromatic N) is 4. The Kier molecular flexibility index (Phi) is 5.81. The fourth-order valence-corrected chi connectivity index (χ4v) is 5.11. The third-order valence-electron chi connectivity index (χ3n) is 6.79. The number of nitriles is 1. The number of rotatable bonds is 4. The number of benzene rings is 1. The average molecular weight is 450 g/mol. The number of carbonyl (C=O) groups is 1. The molecule has 1 amide bonds. The van der Waals surface area contributed by atoms with Gasteiger partial charge in [-0.1, -0.05) is 0 Å². The normalized spacial score (nSPS) is 23.1. The lowest BCUT2D eigenvalue weighted by Crippen LogP contribution is -2.37. The van der Waals surface area contributed by atoms with Crippen molar-refractivity contribution in [3.05, 3.63) is 65.5 Å². The smallest absolute Gasteiger partial charge is 0.249 e. The maximum atomic E-state index is 13.9. The van der Waals surface area contributed by atoms with E-state index in [4.69, 9.17) is 10.1 Å². The van der Waals surface area contributed by atoms with Crippen LogP contribution in [-0.4, -0.2) is 27.1 Å². The lowest BCUT2D eigenvalue weighted by molar-refractivity contribution is -0.183. The molecule has 1 saturated heterocycles. The van der Waals surface area contributed by atoms with Crippen LogP contribution in [0.25, 0.3) is 11.0 Å². The second-order valence-electron chi connectivity index (χ2n) is 8.93. The zero-order valence-electron chi connectivity index (χ0n) is 18.1. The van der Waals surface area contributed by atoms with Crippen LogP contribution in [0.2, 0.25) is 0 Å². The minimum absolute atomic E-state index is 0.0728. The molecule has 0 N–H and O–H groups in total. The Morgan fingerprint density at radius 3 is 2.73 bits per heavy atom. The van der Waals surface area contributed by atoms with Gasteiger partial charge in [-0.05, 0) is 61.4 Å². The van der Waals surface area contributed by atoms with Crippen molar-refractivity contribution in [1.82, 2.24) is 14.6 Å². The van der Waals surface area contributed by atoms with E-state index in [1.54, 1.807) is 6.07 Å². The van der Waals surface area contributed by atoms with E-state index in [0.717, 1.165) is 43.3 Å². The number of amides is 1. The van der Waals surface area contributed by atoms with Gasteiger partial charge in [0.15, 0.2) is 0 Å². The fourth-order valence-electron chi connectivity index (χ4n) is 5.11. The van der Waals surface area contributed by atoms with Gasteiger partial charge in [-0.25, -0.2) is 13.8 Å². The van der Waals surface area contributed by atoms with Gasteiger partial charge >= 0.3 is 0 Å². The second kappa shape index (κ2) is 8.91. The first-order valence-electron chi connectivity index (χ1n) is 11.3. The van der Waals surface area contributed by atoms with Gasteiger partial charge in [0.25, 0.3) is 0 Å². The van der Waals surface area contributed by atoms with Crippen molar-refractivity contribution in [3.8, 4) is 6.07 Å². The molecule has 1 aromatic carbocycles. The monoisotopic (exact) mass is 450 g/mol. The highest BCUT2D eigenvalue weighted by Gasteiger charge is 2.37. The van der Waals surface area contributed by atoms with Gasteiger partial charge in [0.05, 0.1) is 41.5 Å². The molecule has 2 fully saturated rings. The zero-order chi connectivity index (χ0) is 22.9. The predicted octanol–water partition coefficient (Wildman–Crippen LogP) is 4.90. The van der Waals surface area contributed by atoms with Crippen LogP contribution < -0.4 is 0 Å². The summed E-state index contributed by atoms with van der Waals surface area (Å²) in [6.07, 6.45) is 6.99. The Hall–Kier alpha value is -3.31. The Balaban J connectivity index is 1.23. The third kappa shape index (κ3) is 4.33. The van der Waals surface area contributed by atoms with Crippen molar-refractivity contribution in [3.63, 3.8) is 0 Å². The molecule has 0 spiro atoms. The molecule has 6 nitrogen and oxygen atoms in total. The molecule has 3 heterocycles. The van der Waals surface area contributed by atoms with Crippen molar-refractivity contribution in [2.75, 3.05) is 6.61 Å². The standard InChI is InChI=1S/C25H24F2N4O2/c26-20-10-17(13-28)9-19(11-20)23-6-8-33-31(23)25(32)18-3-1-16(2-4-18)15-30-7-5-22-24(30)12-21(27)14-29-22/h5,7,9-12,14,16,18,23H,1-4,6,8,15H2/t16-,18-,23-/m0/s1. The Bertz CT molecular complexity index is 1230. The van der Waals surface area contributed by atoms with Crippen molar-refractivity contribution in [1.29, 1.82) is 5.26 Å². The van der Waals surface area contributed by atoms with Gasteiger partial charge in [0.2, 0.25) is 5.91 Å². The summed E-state index contributed by atoms with van der Waals surface area (Å²) < 4.78 is 29.6. The molecule has 1 aliphatic heterocycles. The van der Waals surface area contributed by atoms with Crippen molar-refractivity contribution < 1.29 is 18.4 Å². The van der Waals surface area contributed by atoms with E-state index in [1.807, 2.05) is 22.9 Å². The van der Waals surface area contributed by atoms with Crippen LogP contribution in [0, 0.1) is 34.8 Å². The summed E-state index contributed by atoms with van der Waals surface area (Å²) in [5.74, 6) is -0.666. The van der Waals surface area contributed by atoms with E-state index in [9.17, 15) is 13.6 Å². The fraction of sp³-hybridized carbons (Fsp3) is 0.400. The molecule has 33 heavy (non-hydrogen) atoms. The molecule has 3 aromatic rings. The highest BCUT2D eigenvalue weighted by molar-refractivity contribution is 5.78. The maximum absolute atomic E-state index is 13.9. The predicted molar refractivity (Wildman–Crippen MR) is 116 cm³/mol. The molecular weight excluding hydrogens is 426 g/mol. The first kappa shape index (κ1) is 21.5. The Morgan fingerprint density at radius 1 is 1.12 bits per heavy atom. The van der Waals surface area contributed by atoms with E-state index in [-0.39, 0.29) is 29.2 Å². The van der Waals surface area contributed by atoms with Crippen LogP contribution >= 0.6 is 0 Å². The molecule has 2 aromatic heterocycles. The molecule has 1 atom stereocenters. The van der Waals surface area contributed by atoms with Crippen LogP contribution in [0.15, 0.2) is 42.7 Å². The molecule has 0 bridgehead atoms. The average Bonchev–Trinajstić information content (AvgIpc) is 3.46. The summed E-state index contributed by atoms with van der Waals surface area (Å²) in [4.78, 5) is 23.0. The molecule has 2 aliphatic rings. The van der Waals surface area contributed by atoms with E-state index >= 15 is 0 Å². The lowest BCUT2D eigenvalue weighted by atomic mass is 9.81. The second-order valence-corrected chi connectivity index (χ2v) is 8.93. The number of hydrogen-bond donors (Lipinski definition) is 0. The molecule has 1 aliphatic carbocycles. The number of hydroxylamine groups is 2. The summed E-state index contributed by atoms with van der Waals surface area (Å²) in [5.41, 5.74) is 2.38. The number of carbonyl (C=O) groups excluding carboxylic acids is 1. The Morgan fingerprint density at radius 2 is 1.94 bits per heavy atom. The van der Waals surface area contributed by atoms with Crippen molar-refractivity contribution >= 4 is 16.9 Å². The summed E-state index contributed by atoms with van der Waals surface area (Å²) >= 11 is 0. The van der Waals surface area contributed by atoms with Crippen LogP contribution in [-0.2, 0) is 16.2 Å². The molecule has 0 unspecified atom stereocenters. The Labute approximate surface area is 190 Å². The third-order valence-corrected chi connectivity index (χ3v) is 6.79. The van der Waals surface area contributed by atoms with Crippen LogP contribution in [0.3, 0.4) is 0 Å². The molecule has 0 radical (unpaired) electrons. The summed E-state index contributed by atoms with van der Waals surface area (Å²) in [6.45, 7) is 1.15. The largest absolute Gasteiger partial charge is 0.346 e. The summed E-state index contributed by atoms with van der Waals surface area (Å²) in [7, 11) is 0. The van der Waals surface area contributed by atoms with Gasteiger partial charge < -0.3 is 4.57 Å². The van der Waals surface area contributed by atoms with Gasteiger partial charge in [-0.2, -0.15) is 5.26 Å². The number of fused-ring (bicyclic) bond motifs is 1. The maximum Gasteiger partial charge on any atom is 0.249 e. The zero-order valence-corrected chi connectivity index (χ0v) is 18.1. The van der Waals surface area contributed by atoms with Gasteiger partial charge in [0.1, 0.15) is 11.6 Å². The minimum Gasteiger partial charge on any atom is -0.346 e. The number of hydrogen-bond acceptors (Lipinski definition) is 4. The minimum atomic E-state index is -0.489. The summed E-state index contributed by atoms with van der Waals surface area (Å²) in [6, 6.07) is 9.16. The molecule has 170 valence electrons. The molecule has 1 saturated carbocycles. The first-order valence-corrected chi connectivity index (χ1v) is 11.3. The van der Waals surface area contributed by atoms with Crippen LogP contribution in [0.5, 0.6) is 0 Å². The van der Waals surface area contributed by atoms with Crippen LogP contribution in [0.4, 0.5) is 8.78 Å². The molecular formula is C25H24F2N4O2. The first-order chi connectivity index (χ1) is 16.0. The van der Waals surface area contributed by atoms with Crippen LogP contribution in [0.1, 0.15) is 49.3 Å².